The lowest BCUT2D eigenvalue weighted by Crippen LogP contribution is -2.26. The molecule has 0 amide bonds. The summed E-state index contributed by atoms with van der Waals surface area (Å²) in [6.45, 7) is 4.72. The standard InChI is InChI=1S/C61H67NS5/c1-3-5-7-9-22-47-50(26-10-8-6-4-2)61(59-36-35-56(66-59)55-32-31-43(64-55)30-29-42-39-41-19-11-12-20-44(41)46-23-14-13-21-45(42)46)63-40-51(47)54-33-34-57(65-54)58-37-38-60(67-58)62-52-27-17-15-24-48(52)49-25-16-18-28-53(49)62/h11-15,17-21,23-24,27-28,32-34,36-38,42-43,50,56,61H,3-10,16,22,25-26,29-31,35,39-40H2,1-2H3. The summed E-state index contributed by atoms with van der Waals surface area (Å²) in [6, 6.07) is 37.1. The molecule has 3 aliphatic heterocycles. The van der Waals surface area contributed by atoms with Crippen LogP contribution < -0.4 is 0 Å². The van der Waals surface area contributed by atoms with Gasteiger partial charge < -0.3 is 4.57 Å². The monoisotopic (exact) mass is 973 g/mol. The van der Waals surface area contributed by atoms with Gasteiger partial charge in [-0.3, -0.25) is 0 Å². The fourth-order valence-corrected chi connectivity index (χ4v) is 18.9. The van der Waals surface area contributed by atoms with Crippen LogP contribution in [0.3, 0.4) is 0 Å². The van der Waals surface area contributed by atoms with Crippen LogP contribution in [0.5, 0.6) is 0 Å². The fourth-order valence-electron chi connectivity index (χ4n) is 12.0. The zero-order valence-corrected chi connectivity index (χ0v) is 43.7. The highest BCUT2D eigenvalue weighted by Crippen LogP contribution is 2.55. The van der Waals surface area contributed by atoms with E-state index in [1.807, 2.05) is 16.9 Å². The van der Waals surface area contributed by atoms with Crippen molar-refractivity contribution >= 4 is 80.5 Å². The Labute approximate surface area is 422 Å². The van der Waals surface area contributed by atoms with Gasteiger partial charge in [-0.2, -0.15) is 0 Å². The molecule has 346 valence electrons. The summed E-state index contributed by atoms with van der Waals surface area (Å²) >= 11 is 10.8. The van der Waals surface area contributed by atoms with Crippen molar-refractivity contribution in [2.75, 3.05) is 5.75 Å². The van der Waals surface area contributed by atoms with E-state index >= 15 is 0 Å². The van der Waals surface area contributed by atoms with Crippen molar-refractivity contribution in [2.45, 2.75) is 145 Å². The van der Waals surface area contributed by atoms with Gasteiger partial charge in [0, 0.05) is 41.5 Å². The van der Waals surface area contributed by atoms with E-state index in [1.165, 1.54) is 155 Å². The number of para-hydroxylation sites is 1. The lowest BCUT2D eigenvalue weighted by atomic mass is 9.77. The summed E-state index contributed by atoms with van der Waals surface area (Å²) in [6.07, 6.45) is 31.8. The van der Waals surface area contributed by atoms with E-state index in [0.717, 1.165) is 18.6 Å². The number of unbranched alkanes of at least 4 members (excludes halogenated alkanes) is 6. The van der Waals surface area contributed by atoms with E-state index in [-0.39, 0.29) is 0 Å². The molecule has 0 bridgehead atoms. The van der Waals surface area contributed by atoms with Gasteiger partial charge in [0.1, 0.15) is 5.00 Å². The highest BCUT2D eigenvalue weighted by molar-refractivity contribution is 8.09. The predicted octanol–water partition coefficient (Wildman–Crippen LogP) is 19.4. The molecule has 0 radical (unpaired) electrons. The zero-order valence-electron chi connectivity index (χ0n) is 39.7. The SMILES string of the molecule is CCCCCCC1=C(c2ccc(-c3ccc(-n4c5c(c6ccccc64)CCC=C5)s3)s2)CSC(C2=CCC(C3=CCC(CCC4Cc5ccccc5-c5ccccc54)S3)S2)C1CCCCCC. The maximum atomic E-state index is 2.70. The molecule has 11 rings (SSSR count). The van der Waals surface area contributed by atoms with Crippen molar-refractivity contribution in [3.8, 4) is 25.9 Å². The number of aryl methyl sites for hydroxylation is 1. The van der Waals surface area contributed by atoms with Crippen LogP contribution in [0.15, 0.2) is 131 Å². The third kappa shape index (κ3) is 9.62. The van der Waals surface area contributed by atoms with Crippen molar-refractivity contribution < 1.29 is 0 Å². The van der Waals surface area contributed by atoms with Gasteiger partial charge in [-0.1, -0.05) is 149 Å². The molecule has 5 unspecified atom stereocenters. The van der Waals surface area contributed by atoms with E-state index in [4.69, 9.17) is 0 Å². The maximum Gasteiger partial charge on any atom is 0.101 e. The molecule has 0 saturated carbocycles. The molecule has 6 heteroatoms. The normalized spacial score (nSPS) is 22.3. The number of hydrogen-bond donors (Lipinski definition) is 0. The van der Waals surface area contributed by atoms with Crippen LogP contribution in [0.4, 0.5) is 0 Å². The third-order valence-electron chi connectivity index (χ3n) is 15.4. The Balaban J connectivity index is 0.801. The average Bonchev–Trinajstić information content (AvgIpc) is 4.24. The van der Waals surface area contributed by atoms with Gasteiger partial charge in [-0.25, -0.2) is 0 Å². The van der Waals surface area contributed by atoms with Gasteiger partial charge in [0.2, 0.25) is 0 Å². The van der Waals surface area contributed by atoms with E-state index in [1.54, 1.807) is 20.9 Å². The van der Waals surface area contributed by atoms with Crippen molar-refractivity contribution in [1.82, 2.24) is 4.57 Å². The molecule has 6 heterocycles. The van der Waals surface area contributed by atoms with E-state index in [2.05, 4.69) is 186 Å². The summed E-state index contributed by atoms with van der Waals surface area (Å²) in [4.78, 5) is 7.72. The predicted molar refractivity (Wildman–Crippen MR) is 302 cm³/mol. The average molecular weight is 975 g/mol. The zero-order chi connectivity index (χ0) is 45.1. The molecule has 6 aromatic rings. The number of thiophene rings is 2. The first kappa shape index (κ1) is 46.0. The molecule has 0 saturated heterocycles. The largest absolute Gasteiger partial charge is 0.301 e. The summed E-state index contributed by atoms with van der Waals surface area (Å²) in [5.74, 6) is 2.39. The molecule has 0 N–H and O–H groups in total. The first-order valence-corrected chi connectivity index (χ1v) is 30.3. The summed E-state index contributed by atoms with van der Waals surface area (Å²) in [5, 5.41) is 4.65. The number of hydrogen-bond acceptors (Lipinski definition) is 5. The second-order valence-electron chi connectivity index (χ2n) is 19.7. The van der Waals surface area contributed by atoms with Crippen LogP contribution in [0.25, 0.3) is 48.4 Å². The minimum Gasteiger partial charge on any atom is -0.301 e. The topological polar surface area (TPSA) is 4.93 Å². The number of allylic oxidation sites excluding steroid dienone is 4. The Morgan fingerprint density at radius 1 is 0.657 bits per heavy atom. The van der Waals surface area contributed by atoms with Crippen LogP contribution in [0, 0.1) is 5.92 Å². The maximum absolute atomic E-state index is 2.70. The van der Waals surface area contributed by atoms with Crippen LogP contribution in [-0.4, -0.2) is 26.1 Å². The van der Waals surface area contributed by atoms with Crippen LogP contribution in [0.1, 0.15) is 143 Å². The number of rotatable bonds is 18. The van der Waals surface area contributed by atoms with Crippen molar-refractivity contribution in [3.05, 3.63) is 158 Å². The number of benzene rings is 3. The molecule has 3 aromatic carbocycles. The quantitative estimate of drug-likeness (QED) is 0.0792. The highest BCUT2D eigenvalue weighted by atomic mass is 32.2. The van der Waals surface area contributed by atoms with Gasteiger partial charge in [0.25, 0.3) is 0 Å². The van der Waals surface area contributed by atoms with E-state index in [0.29, 0.717) is 27.6 Å². The smallest absolute Gasteiger partial charge is 0.101 e. The molecule has 5 aliphatic rings. The molecule has 5 atom stereocenters. The molecule has 0 spiro atoms. The first-order valence-electron chi connectivity index (χ1n) is 25.9. The lowest BCUT2D eigenvalue weighted by Gasteiger charge is -2.37. The molecule has 67 heavy (non-hydrogen) atoms. The van der Waals surface area contributed by atoms with E-state index < -0.39 is 0 Å². The fraction of sp³-hybridized carbons (Fsp3) is 0.410. The van der Waals surface area contributed by atoms with Gasteiger partial charge in [-0.05, 0) is 156 Å². The Hall–Kier alpha value is -3.39. The molecule has 1 nitrogen and oxygen atoms in total. The van der Waals surface area contributed by atoms with Crippen molar-refractivity contribution in [2.24, 2.45) is 5.92 Å². The van der Waals surface area contributed by atoms with Gasteiger partial charge in [-0.15, -0.1) is 58.0 Å². The van der Waals surface area contributed by atoms with Crippen LogP contribution in [-0.2, 0) is 12.8 Å². The summed E-state index contributed by atoms with van der Waals surface area (Å²) in [7, 11) is 0. The third-order valence-corrected chi connectivity index (χ3v) is 22.4. The van der Waals surface area contributed by atoms with Crippen molar-refractivity contribution in [1.29, 1.82) is 0 Å². The van der Waals surface area contributed by atoms with Crippen LogP contribution >= 0.6 is 58.0 Å². The van der Waals surface area contributed by atoms with E-state index in [9.17, 15) is 0 Å². The van der Waals surface area contributed by atoms with Crippen LogP contribution in [0.2, 0.25) is 0 Å². The minimum atomic E-state index is 0.592. The number of thioether (sulfide) groups is 3. The number of fused-ring (bicyclic) bond motifs is 6. The molecule has 2 aliphatic carbocycles. The highest BCUT2D eigenvalue weighted by Gasteiger charge is 2.39. The molecule has 0 fully saturated rings. The Bertz CT molecular complexity index is 2820. The summed E-state index contributed by atoms with van der Waals surface area (Å²) < 4.78 is 2.53. The Morgan fingerprint density at radius 3 is 2.34 bits per heavy atom. The number of nitrogens with zero attached hydrogens (tertiary/aromatic N) is 1. The molecular formula is C61H67NS5. The first-order chi connectivity index (χ1) is 33.1. The Morgan fingerprint density at radius 2 is 1.43 bits per heavy atom. The Kier molecular flexibility index (Phi) is 14.6. The van der Waals surface area contributed by atoms with Gasteiger partial charge in [0.05, 0.1) is 11.2 Å². The summed E-state index contributed by atoms with van der Waals surface area (Å²) in [5.41, 5.74) is 13.7. The second-order valence-corrected chi connectivity index (χ2v) is 25.6. The number of aromatic nitrogens is 1. The minimum absolute atomic E-state index is 0.592. The van der Waals surface area contributed by atoms with Gasteiger partial charge in [0.15, 0.2) is 0 Å². The second kappa shape index (κ2) is 21.3. The van der Waals surface area contributed by atoms with Gasteiger partial charge >= 0.3 is 0 Å². The lowest BCUT2D eigenvalue weighted by molar-refractivity contribution is 0.497. The van der Waals surface area contributed by atoms with Crippen molar-refractivity contribution in [3.63, 3.8) is 0 Å². The molecule has 3 aromatic heterocycles. The molecular weight excluding hydrogens is 907 g/mol.